The summed E-state index contributed by atoms with van der Waals surface area (Å²) in [5, 5.41) is 2.72. The van der Waals surface area contributed by atoms with Crippen LogP contribution in [0.25, 0.3) is 0 Å². The van der Waals surface area contributed by atoms with Crippen LogP contribution in [0.5, 0.6) is 0 Å². The monoisotopic (exact) mass is 203 g/mol. The minimum Gasteiger partial charge on any atom is -0.376 e. The third-order valence-electron chi connectivity index (χ3n) is 1.85. The summed E-state index contributed by atoms with van der Waals surface area (Å²) in [4.78, 5) is 11.1. The molecular weight excluding hydrogens is 186 g/mol. The average molecular weight is 203 g/mol. The van der Waals surface area contributed by atoms with E-state index in [4.69, 9.17) is 14.2 Å². The summed E-state index contributed by atoms with van der Waals surface area (Å²) in [6, 6.07) is 0. The highest BCUT2D eigenvalue weighted by atomic mass is 16.6. The topological polar surface area (TPSA) is 56.8 Å². The lowest BCUT2D eigenvalue weighted by Crippen LogP contribution is -2.40. The van der Waals surface area contributed by atoms with Gasteiger partial charge in [0.1, 0.15) is 6.61 Å². The normalized spacial score (nSPS) is 21.9. The molecule has 0 saturated carbocycles. The van der Waals surface area contributed by atoms with E-state index in [1.165, 1.54) is 0 Å². The Morgan fingerprint density at radius 1 is 1.57 bits per heavy atom. The molecule has 1 aliphatic rings. The molecule has 5 nitrogen and oxygen atoms in total. The van der Waals surface area contributed by atoms with Gasteiger partial charge in [-0.2, -0.15) is 0 Å². The number of hydrogen-bond acceptors (Lipinski definition) is 4. The van der Waals surface area contributed by atoms with Gasteiger partial charge < -0.3 is 19.5 Å². The van der Waals surface area contributed by atoms with Gasteiger partial charge in [-0.05, 0) is 6.92 Å². The zero-order valence-electron chi connectivity index (χ0n) is 8.45. The van der Waals surface area contributed by atoms with Crippen molar-refractivity contribution in [2.24, 2.45) is 0 Å². The van der Waals surface area contributed by atoms with Gasteiger partial charge in [0.05, 0.1) is 25.9 Å². The summed E-state index contributed by atoms with van der Waals surface area (Å²) in [5.74, 6) is -0.110. The molecule has 14 heavy (non-hydrogen) atoms. The van der Waals surface area contributed by atoms with Gasteiger partial charge >= 0.3 is 0 Å². The Bertz CT molecular complexity index is 168. The molecule has 82 valence electrons. The maximum atomic E-state index is 11.1. The molecule has 0 aromatic heterocycles. The molecule has 1 rings (SSSR count). The van der Waals surface area contributed by atoms with Crippen LogP contribution in [-0.2, 0) is 19.0 Å². The van der Waals surface area contributed by atoms with Crippen molar-refractivity contribution >= 4 is 5.91 Å². The molecule has 1 N–H and O–H groups in total. The van der Waals surface area contributed by atoms with Gasteiger partial charge in [-0.1, -0.05) is 0 Å². The molecule has 5 heteroatoms. The molecule has 1 amide bonds. The average Bonchev–Trinajstić information content (AvgIpc) is 2.25. The smallest absolute Gasteiger partial charge is 0.246 e. The molecule has 0 bridgehead atoms. The molecule has 1 saturated heterocycles. The Balaban J connectivity index is 2.03. The Morgan fingerprint density at radius 2 is 2.43 bits per heavy atom. The molecule has 1 heterocycles. The highest BCUT2D eigenvalue weighted by Gasteiger charge is 2.14. The molecule has 1 unspecified atom stereocenters. The largest absolute Gasteiger partial charge is 0.376 e. The van der Waals surface area contributed by atoms with E-state index in [9.17, 15) is 4.79 Å². The zero-order valence-corrected chi connectivity index (χ0v) is 8.45. The van der Waals surface area contributed by atoms with Gasteiger partial charge in [-0.15, -0.1) is 0 Å². The quantitative estimate of drug-likeness (QED) is 0.658. The van der Waals surface area contributed by atoms with E-state index in [0.29, 0.717) is 33.0 Å². The van der Waals surface area contributed by atoms with Crippen LogP contribution in [0.4, 0.5) is 0 Å². The first-order valence-corrected chi connectivity index (χ1v) is 4.86. The standard InChI is InChI=1S/C9H17NO4/c1-2-12-7-9(11)10-5-8-6-13-3-4-14-8/h8H,2-7H2,1H3,(H,10,11). The molecule has 0 radical (unpaired) electrons. The summed E-state index contributed by atoms with van der Waals surface area (Å²) < 4.78 is 15.5. The van der Waals surface area contributed by atoms with Crippen LogP contribution in [-0.4, -0.2) is 51.6 Å². The molecule has 0 spiro atoms. The van der Waals surface area contributed by atoms with E-state index in [2.05, 4.69) is 5.32 Å². The van der Waals surface area contributed by atoms with Crippen molar-refractivity contribution in [2.75, 3.05) is 39.6 Å². The lowest BCUT2D eigenvalue weighted by Gasteiger charge is -2.22. The number of hydrogen-bond donors (Lipinski definition) is 1. The zero-order chi connectivity index (χ0) is 10.2. The van der Waals surface area contributed by atoms with Gasteiger partial charge in [0, 0.05) is 13.2 Å². The lowest BCUT2D eigenvalue weighted by atomic mass is 10.3. The third-order valence-corrected chi connectivity index (χ3v) is 1.85. The number of carbonyl (C=O) groups is 1. The number of rotatable bonds is 5. The van der Waals surface area contributed by atoms with Gasteiger partial charge in [-0.3, -0.25) is 4.79 Å². The van der Waals surface area contributed by atoms with Crippen molar-refractivity contribution < 1.29 is 19.0 Å². The van der Waals surface area contributed by atoms with E-state index in [-0.39, 0.29) is 18.6 Å². The number of amides is 1. The second-order valence-corrected chi connectivity index (χ2v) is 3.01. The van der Waals surface area contributed by atoms with Crippen molar-refractivity contribution in [3.63, 3.8) is 0 Å². The van der Waals surface area contributed by atoms with Crippen LogP contribution in [0.2, 0.25) is 0 Å². The minimum absolute atomic E-state index is 0.0191. The first kappa shape index (κ1) is 11.4. The molecule has 1 atom stereocenters. The van der Waals surface area contributed by atoms with Crippen molar-refractivity contribution in [1.29, 1.82) is 0 Å². The van der Waals surface area contributed by atoms with Crippen LogP contribution in [0, 0.1) is 0 Å². The minimum atomic E-state index is -0.110. The summed E-state index contributed by atoms with van der Waals surface area (Å²) in [7, 11) is 0. The predicted molar refractivity (Wildman–Crippen MR) is 50.1 cm³/mol. The summed E-state index contributed by atoms with van der Waals surface area (Å²) >= 11 is 0. The maximum Gasteiger partial charge on any atom is 0.246 e. The third kappa shape index (κ3) is 4.55. The molecule has 1 fully saturated rings. The Kier molecular flexibility index (Phi) is 5.51. The predicted octanol–water partition coefficient (Wildman–Crippen LogP) is -0.445. The molecule has 0 aromatic carbocycles. The number of nitrogens with one attached hydrogen (secondary N) is 1. The van der Waals surface area contributed by atoms with E-state index in [1.54, 1.807) is 0 Å². The second-order valence-electron chi connectivity index (χ2n) is 3.01. The van der Waals surface area contributed by atoms with Crippen molar-refractivity contribution in [2.45, 2.75) is 13.0 Å². The first-order valence-electron chi connectivity index (χ1n) is 4.86. The van der Waals surface area contributed by atoms with Gasteiger partial charge in [-0.25, -0.2) is 0 Å². The number of carbonyl (C=O) groups excluding carboxylic acids is 1. The van der Waals surface area contributed by atoms with E-state index in [0.717, 1.165) is 0 Å². The highest BCUT2D eigenvalue weighted by molar-refractivity contribution is 5.77. The van der Waals surface area contributed by atoms with Crippen LogP contribution in [0.15, 0.2) is 0 Å². The van der Waals surface area contributed by atoms with Crippen LogP contribution >= 0.6 is 0 Å². The van der Waals surface area contributed by atoms with Crippen LogP contribution in [0.3, 0.4) is 0 Å². The fraction of sp³-hybridized carbons (Fsp3) is 0.889. The summed E-state index contributed by atoms with van der Waals surface area (Å²) in [6.07, 6.45) is -0.0191. The lowest BCUT2D eigenvalue weighted by molar-refractivity contribution is -0.128. The first-order chi connectivity index (χ1) is 6.83. The van der Waals surface area contributed by atoms with Gasteiger partial charge in [0.25, 0.3) is 0 Å². The van der Waals surface area contributed by atoms with E-state index >= 15 is 0 Å². The maximum absolute atomic E-state index is 11.1. The Hall–Kier alpha value is -0.650. The highest BCUT2D eigenvalue weighted by Crippen LogP contribution is 1.98. The Labute approximate surface area is 83.7 Å². The molecule has 1 aliphatic heterocycles. The van der Waals surface area contributed by atoms with E-state index < -0.39 is 0 Å². The fourth-order valence-corrected chi connectivity index (χ4v) is 1.13. The fourth-order valence-electron chi connectivity index (χ4n) is 1.13. The number of ether oxygens (including phenoxy) is 3. The van der Waals surface area contributed by atoms with Crippen molar-refractivity contribution in [1.82, 2.24) is 5.32 Å². The van der Waals surface area contributed by atoms with Gasteiger partial charge in [0.15, 0.2) is 0 Å². The molecular formula is C9H17NO4. The summed E-state index contributed by atoms with van der Waals surface area (Å²) in [6.45, 7) is 4.81. The van der Waals surface area contributed by atoms with Crippen LogP contribution < -0.4 is 5.32 Å². The van der Waals surface area contributed by atoms with E-state index in [1.807, 2.05) is 6.92 Å². The SMILES string of the molecule is CCOCC(=O)NCC1COCCO1. The van der Waals surface area contributed by atoms with Crippen molar-refractivity contribution in [3.8, 4) is 0 Å². The second kappa shape index (κ2) is 6.75. The van der Waals surface area contributed by atoms with Crippen LogP contribution in [0.1, 0.15) is 6.92 Å². The van der Waals surface area contributed by atoms with Crippen molar-refractivity contribution in [3.05, 3.63) is 0 Å². The van der Waals surface area contributed by atoms with Gasteiger partial charge in [0.2, 0.25) is 5.91 Å². The molecule has 0 aromatic rings. The summed E-state index contributed by atoms with van der Waals surface area (Å²) in [5.41, 5.74) is 0. The Morgan fingerprint density at radius 3 is 3.07 bits per heavy atom. The molecule has 0 aliphatic carbocycles.